The molecule has 0 aromatic heterocycles. The zero-order valence-electron chi connectivity index (χ0n) is 16.3. The number of carbonyl (C=O) groups is 2. The number of nitrogens with zero attached hydrogens (tertiary/aromatic N) is 1. The van der Waals surface area contributed by atoms with E-state index in [0.29, 0.717) is 0 Å². The van der Waals surface area contributed by atoms with Crippen molar-refractivity contribution in [3.63, 3.8) is 0 Å². The van der Waals surface area contributed by atoms with Gasteiger partial charge in [0.1, 0.15) is 5.70 Å². The Morgan fingerprint density at radius 2 is 1.89 bits per heavy atom. The second-order valence-electron chi connectivity index (χ2n) is 6.78. The van der Waals surface area contributed by atoms with Crippen LogP contribution in [-0.2, 0) is 20.7 Å². The maximum Gasteiger partial charge on any atom is 0.337 e. The summed E-state index contributed by atoms with van der Waals surface area (Å²) in [5.41, 5.74) is 2.53. The summed E-state index contributed by atoms with van der Waals surface area (Å²) in [7, 11) is 1.29. The molecule has 27 heavy (non-hydrogen) atoms. The number of rotatable bonds is 11. The smallest absolute Gasteiger partial charge is 0.337 e. The third kappa shape index (κ3) is 5.82. The van der Waals surface area contributed by atoms with Crippen LogP contribution in [-0.4, -0.2) is 48.7 Å². The highest BCUT2D eigenvalue weighted by molar-refractivity contribution is 6.08. The second kappa shape index (κ2) is 10.7. The monoisotopic (exact) mass is 374 g/mol. The number of hydrogen-bond donors (Lipinski definition) is 2. The molecule has 0 unspecified atom stereocenters. The molecular formula is C21H30N2O4. The molecule has 0 aliphatic carbocycles. The van der Waals surface area contributed by atoms with Crippen LogP contribution in [0.4, 0.5) is 5.69 Å². The summed E-state index contributed by atoms with van der Waals surface area (Å²) in [5, 5.41) is 12.2. The van der Waals surface area contributed by atoms with Gasteiger partial charge in [-0.25, -0.2) is 4.79 Å². The van der Waals surface area contributed by atoms with E-state index in [0.717, 1.165) is 12.1 Å². The van der Waals surface area contributed by atoms with Gasteiger partial charge >= 0.3 is 5.97 Å². The Balaban J connectivity index is 2.01. The SMILES string of the molecule is CCCCCCCc1ccc(NC2=C(C(=O)OC)CN(CCO)C2=O)cc1. The molecule has 2 rings (SSSR count). The molecule has 0 saturated carbocycles. The molecular weight excluding hydrogens is 344 g/mol. The summed E-state index contributed by atoms with van der Waals surface area (Å²) in [6, 6.07) is 7.94. The van der Waals surface area contributed by atoms with E-state index in [1.54, 1.807) is 0 Å². The fraction of sp³-hybridized carbons (Fsp3) is 0.524. The van der Waals surface area contributed by atoms with E-state index in [2.05, 4.69) is 12.2 Å². The summed E-state index contributed by atoms with van der Waals surface area (Å²) in [4.78, 5) is 25.9. The fourth-order valence-corrected chi connectivity index (χ4v) is 3.18. The van der Waals surface area contributed by atoms with Crippen LogP contribution in [0.3, 0.4) is 0 Å². The van der Waals surface area contributed by atoms with Crippen LogP contribution < -0.4 is 5.32 Å². The lowest BCUT2D eigenvalue weighted by Crippen LogP contribution is -2.31. The Morgan fingerprint density at radius 1 is 1.19 bits per heavy atom. The summed E-state index contributed by atoms with van der Waals surface area (Å²) in [5.74, 6) is -0.834. The van der Waals surface area contributed by atoms with Gasteiger partial charge in [-0.3, -0.25) is 4.79 Å². The van der Waals surface area contributed by atoms with Gasteiger partial charge in [0.25, 0.3) is 5.91 Å². The number of aryl methyl sites for hydroxylation is 1. The van der Waals surface area contributed by atoms with Crippen LogP contribution in [0.1, 0.15) is 44.6 Å². The normalized spacial score (nSPS) is 14.0. The first-order valence-electron chi connectivity index (χ1n) is 9.68. The minimum Gasteiger partial charge on any atom is -0.466 e. The number of anilines is 1. The second-order valence-corrected chi connectivity index (χ2v) is 6.78. The number of benzene rings is 1. The van der Waals surface area contributed by atoms with E-state index in [-0.39, 0.29) is 36.9 Å². The van der Waals surface area contributed by atoms with Crippen LogP contribution in [0.15, 0.2) is 35.5 Å². The lowest BCUT2D eigenvalue weighted by molar-refractivity contribution is -0.136. The highest BCUT2D eigenvalue weighted by Gasteiger charge is 2.34. The predicted octanol–water partition coefficient (Wildman–Crippen LogP) is 2.87. The Bertz CT molecular complexity index is 667. The van der Waals surface area contributed by atoms with E-state index in [9.17, 15) is 9.59 Å². The van der Waals surface area contributed by atoms with Crippen molar-refractivity contribution in [2.45, 2.75) is 45.4 Å². The maximum atomic E-state index is 12.5. The van der Waals surface area contributed by atoms with Crippen LogP contribution in [0.25, 0.3) is 0 Å². The van der Waals surface area contributed by atoms with Crippen molar-refractivity contribution in [2.24, 2.45) is 0 Å². The lowest BCUT2D eigenvalue weighted by atomic mass is 10.1. The lowest BCUT2D eigenvalue weighted by Gasteiger charge is -2.15. The van der Waals surface area contributed by atoms with Crippen LogP contribution >= 0.6 is 0 Å². The van der Waals surface area contributed by atoms with Gasteiger partial charge in [0.05, 0.1) is 25.8 Å². The van der Waals surface area contributed by atoms with E-state index in [1.807, 2.05) is 24.3 Å². The molecule has 0 atom stereocenters. The molecule has 1 aliphatic heterocycles. The third-order valence-corrected chi connectivity index (χ3v) is 4.75. The number of β-amino-alcohol motifs (C(OH)–C–C–N with tert-alkyl or cyclic N) is 1. The van der Waals surface area contributed by atoms with Crippen LogP contribution in [0.5, 0.6) is 0 Å². The number of ether oxygens (including phenoxy) is 1. The third-order valence-electron chi connectivity index (χ3n) is 4.75. The molecule has 2 N–H and O–H groups in total. The van der Waals surface area contributed by atoms with Crippen molar-refractivity contribution in [1.82, 2.24) is 4.90 Å². The first kappa shape index (κ1) is 21.0. The van der Waals surface area contributed by atoms with Crippen LogP contribution in [0, 0.1) is 0 Å². The van der Waals surface area contributed by atoms with Crippen molar-refractivity contribution >= 4 is 17.6 Å². The Labute approximate surface area is 161 Å². The molecule has 1 aromatic carbocycles. The number of amides is 1. The van der Waals surface area contributed by atoms with Crippen molar-refractivity contribution in [3.05, 3.63) is 41.1 Å². The Morgan fingerprint density at radius 3 is 2.52 bits per heavy atom. The molecule has 6 heteroatoms. The van der Waals surface area contributed by atoms with E-state index >= 15 is 0 Å². The molecule has 1 aromatic rings. The maximum absolute atomic E-state index is 12.5. The molecule has 1 amide bonds. The summed E-state index contributed by atoms with van der Waals surface area (Å²) < 4.78 is 4.79. The number of carbonyl (C=O) groups excluding carboxylic acids is 2. The molecule has 1 aliphatic rings. The number of methoxy groups -OCH3 is 1. The topological polar surface area (TPSA) is 78.9 Å². The minimum atomic E-state index is -0.532. The molecule has 0 spiro atoms. The van der Waals surface area contributed by atoms with Gasteiger partial charge in [0, 0.05) is 12.2 Å². The minimum absolute atomic E-state index is 0.143. The van der Waals surface area contributed by atoms with Crippen molar-refractivity contribution in [1.29, 1.82) is 0 Å². The standard InChI is InChI=1S/C21H30N2O4/c1-3-4-5-6-7-8-16-9-11-17(12-10-16)22-19-18(21(26)27-2)15-23(13-14-24)20(19)25/h9-12,22,24H,3-8,13-15H2,1-2H3. The Kier molecular flexibility index (Phi) is 8.33. The van der Waals surface area contributed by atoms with E-state index in [1.165, 1.54) is 49.7 Å². The quantitative estimate of drug-likeness (QED) is 0.460. The zero-order chi connectivity index (χ0) is 19.6. The highest BCUT2D eigenvalue weighted by Crippen LogP contribution is 2.23. The van der Waals surface area contributed by atoms with Crippen molar-refractivity contribution < 1.29 is 19.4 Å². The van der Waals surface area contributed by atoms with Gasteiger partial charge in [-0.2, -0.15) is 0 Å². The van der Waals surface area contributed by atoms with E-state index < -0.39 is 5.97 Å². The number of unbranched alkanes of at least 4 members (excludes halogenated alkanes) is 4. The van der Waals surface area contributed by atoms with Gasteiger partial charge in [-0.1, -0.05) is 44.7 Å². The van der Waals surface area contributed by atoms with Crippen molar-refractivity contribution in [2.75, 3.05) is 32.1 Å². The van der Waals surface area contributed by atoms with E-state index in [4.69, 9.17) is 9.84 Å². The molecule has 0 saturated heterocycles. The summed E-state index contributed by atoms with van der Waals surface area (Å²) in [6.45, 7) is 2.39. The molecule has 1 heterocycles. The molecule has 0 bridgehead atoms. The molecule has 6 nitrogen and oxygen atoms in total. The largest absolute Gasteiger partial charge is 0.466 e. The summed E-state index contributed by atoms with van der Waals surface area (Å²) >= 11 is 0. The fourth-order valence-electron chi connectivity index (χ4n) is 3.18. The van der Waals surface area contributed by atoms with Crippen LogP contribution in [0.2, 0.25) is 0 Å². The zero-order valence-corrected chi connectivity index (χ0v) is 16.3. The molecule has 0 fully saturated rings. The average Bonchev–Trinajstić information content (AvgIpc) is 2.98. The van der Waals surface area contributed by atoms with Gasteiger partial charge in [-0.15, -0.1) is 0 Å². The Hall–Kier alpha value is -2.34. The number of nitrogens with one attached hydrogen (secondary N) is 1. The predicted molar refractivity (Wildman–Crippen MR) is 105 cm³/mol. The van der Waals surface area contributed by atoms with Gasteiger partial charge < -0.3 is 20.1 Å². The van der Waals surface area contributed by atoms with Gasteiger partial charge in [-0.05, 0) is 30.5 Å². The highest BCUT2D eigenvalue weighted by atomic mass is 16.5. The first-order valence-corrected chi connectivity index (χ1v) is 9.68. The van der Waals surface area contributed by atoms with Crippen molar-refractivity contribution in [3.8, 4) is 0 Å². The number of aliphatic hydroxyl groups is 1. The number of esters is 1. The van der Waals surface area contributed by atoms with Gasteiger partial charge in [0.2, 0.25) is 0 Å². The summed E-state index contributed by atoms with van der Waals surface area (Å²) in [6.07, 6.45) is 7.30. The molecule has 148 valence electrons. The van der Waals surface area contributed by atoms with Gasteiger partial charge in [0.15, 0.2) is 0 Å². The molecule has 0 radical (unpaired) electrons. The first-order chi connectivity index (χ1) is 13.1. The number of hydrogen-bond acceptors (Lipinski definition) is 5. The average molecular weight is 374 g/mol. The number of aliphatic hydroxyl groups excluding tert-OH is 1.